The van der Waals surface area contributed by atoms with Gasteiger partial charge in [-0.05, 0) is 54.6 Å². The lowest BCUT2D eigenvalue weighted by Gasteiger charge is -2.08. The van der Waals surface area contributed by atoms with Gasteiger partial charge in [-0.3, -0.25) is 4.79 Å². The van der Waals surface area contributed by atoms with E-state index < -0.39 is 5.97 Å². The number of nitrogens with one attached hydrogen (secondary N) is 2. The highest BCUT2D eigenvalue weighted by molar-refractivity contribution is 6.31. The van der Waals surface area contributed by atoms with E-state index in [1.54, 1.807) is 60.7 Å². The normalized spacial score (nSPS) is 10.1. The van der Waals surface area contributed by atoms with Crippen LogP contribution in [0, 0.1) is 0 Å². The third kappa shape index (κ3) is 4.83. The number of pyridine rings is 1. The summed E-state index contributed by atoms with van der Waals surface area (Å²) in [7, 11) is 1.34. The molecule has 7 heteroatoms. The van der Waals surface area contributed by atoms with E-state index in [0.29, 0.717) is 27.7 Å². The molecule has 0 radical (unpaired) electrons. The van der Waals surface area contributed by atoms with Gasteiger partial charge in [0.05, 0.1) is 18.2 Å². The topological polar surface area (TPSA) is 80.3 Å². The summed E-state index contributed by atoms with van der Waals surface area (Å²) in [6.07, 6.45) is 1.48. The van der Waals surface area contributed by atoms with Gasteiger partial charge in [-0.2, -0.15) is 0 Å². The van der Waals surface area contributed by atoms with Crippen LogP contribution in [0.5, 0.6) is 0 Å². The van der Waals surface area contributed by atoms with Crippen molar-refractivity contribution in [2.45, 2.75) is 0 Å². The first-order chi connectivity index (χ1) is 13.0. The molecular weight excluding hydrogens is 366 g/mol. The van der Waals surface area contributed by atoms with Crippen molar-refractivity contribution in [2.75, 3.05) is 17.7 Å². The highest BCUT2D eigenvalue weighted by Crippen LogP contribution is 2.18. The van der Waals surface area contributed by atoms with E-state index in [-0.39, 0.29) is 5.91 Å². The first-order valence-corrected chi connectivity index (χ1v) is 8.41. The molecule has 0 unspecified atom stereocenters. The molecule has 136 valence electrons. The quantitative estimate of drug-likeness (QED) is 0.635. The summed E-state index contributed by atoms with van der Waals surface area (Å²) in [5.41, 5.74) is 2.25. The zero-order valence-corrected chi connectivity index (χ0v) is 15.2. The van der Waals surface area contributed by atoms with Gasteiger partial charge in [-0.25, -0.2) is 9.78 Å². The monoisotopic (exact) mass is 381 g/mol. The standard InChI is InChI=1S/C20H16ClN3O3/c1-27-20(26)13-5-8-16(9-6-13)23-18-10-7-14(12-22-18)19(25)24-17-4-2-3-15(21)11-17/h2-12H,1H3,(H,22,23)(H,24,25). The SMILES string of the molecule is COC(=O)c1ccc(Nc2ccc(C(=O)Nc3cccc(Cl)c3)cn2)cc1. The number of amides is 1. The zero-order valence-electron chi connectivity index (χ0n) is 14.4. The summed E-state index contributed by atoms with van der Waals surface area (Å²) in [6, 6.07) is 17.1. The molecule has 1 aromatic heterocycles. The second-order valence-electron chi connectivity index (χ2n) is 5.59. The number of anilines is 3. The van der Waals surface area contributed by atoms with Crippen LogP contribution in [0.3, 0.4) is 0 Å². The molecular formula is C20H16ClN3O3. The van der Waals surface area contributed by atoms with E-state index in [4.69, 9.17) is 11.6 Å². The van der Waals surface area contributed by atoms with Crippen molar-refractivity contribution in [3.05, 3.63) is 83.0 Å². The molecule has 6 nitrogen and oxygen atoms in total. The lowest BCUT2D eigenvalue weighted by Crippen LogP contribution is -2.12. The average Bonchev–Trinajstić information content (AvgIpc) is 2.68. The van der Waals surface area contributed by atoms with E-state index in [2.05, 4.69) is 20.4 Å². The smallest absolute Gasteiger partial charge is 0.337 e. The van der Waals surface area contributed by atoms with Crippen molar-refractivity contribution in [2.24, 2.45) is 0 Å². The van der Waals surface area contributed by atoms with Crippen LogP contribution in [0.15, 0.2) is 66.9 Å². The van der Waals surface area contributed by atoms with E-state index in [1.807, 2.05) is 0 Å². The number of hydrogen-bond donors (Lipinski definition) is 2. The van der Waals surface area contributed by atoms with Crippen LogP contribution in [0.25, 0.3) is 0 Å². The van der Waals surface area contributed by atoms with Crippen LogP contribution < -0.4 is 10.6 Å². The van der Waals surface area contributed by atoms with Gasteiger partial charge in [0, 0.05) is 22.6 Å². The molecule has 0 saturated heterocycles. The average molecular weight is 382 g/mol. The molecule has 27 heavy (non-hydrogen) atoms. The van der Waals surface area contributed by atoms with Gasteiger partial charge >= 0.3 is 5.97 Å². The Balaban J connectivity index is 1.64. The molecule has 0 aliphatic carbocycles. The van der Waals surface area contributed by atoms with E-state index in [9.17, 15) is 9.59 Å². The summed E-state index contributed by atoms with van der Waals surface area (Å²) in [6.45, 7) is 0. The Morgan fingerprint density at radius 1 is 0.963 bits per heavy atom. The fourth-order valence-electron chi connectivity index (χ4n) is 2.33. The molecule has 0 bridgehead atoms. The largest absolute Gasteiger partial charge is 0.465 e. The summed E-state index contributed by atoms with van der Waals surface area (Å²) in [5, 5.41) is 6.41. The molecule has 0 fully saturated rings. The molecule has 0 aliphatic heterocycles. The number of esters is 1. The Labute approximate surface area is 161 Å². The zero-order chi connectivity index (χ0) is 19.2. The second-order valence-corrected chi connectivity index (χ2v) is 6.03. The third-order valence-electron chi connectivity index (χ3n) is 3.69. The van der Waals surface area contributed by atoms with Gasteiger partial charge in [-0.1, -0.05) is 17.7 Å². The molecule has 0 saturated carbocycles. The number of halogens is 1. The summed E-state index contributed by atoms with van der Waals surface area (Å²) < 4.78 is 4.66. The number of carbonyl (C=O) groups excluding carboxylic acids is 2. The Bertz CT molecular complexity index is 957. The van der Waals surface area contributed by atoms with Crippen LogP contribution in [-0.4, -0.2) is 24.0 Å². The molecule has 1 heterocycles. The number of benzene rings is 2. The molecule has 3 rings (SSSR count). The number of aromatic nitrogens is 1. The summed E-state index contributed by atoms with van der Waals surface area (Å²) in [5.74, 6) is -0.103. The third-order valence-corrected chi connectivity index (χ3v) is 3.92. The maximum atomic E-state index is 12.3. The Kier molecular flexibility index (Phi) is 5.68. The minimum absolute atomic E-state index is 0.279. The predicted octanol–water partition coefficient (Wildman–Crippen LogP) is 4.52. The van der Waals surface area contributed by atoms with E-state index >= 15 is 0 Å². The molecule has 0 aliphatic rings. The number of ether oxygens (including phenoxy) is 1. The molecule has 0 spiro atoms. The number of carbonyl (C=O) groups is 2. The summed E-state index contributed by atoms with van der Waals surface area (Å²) in [4.78, 5) is 27.9. The fraction of sp³-hybridized carbons (Fsp3) is 0.0500. The van der Waals surface area contributed by atoms with Gasteiger partial charge in [0.1, 0.15) is 5.82 Å². The van der Waals surface area contributed by atoms with Crippen molar-refractivity contribution >= 4 is 40.7 Å². The lowest BCUT2D eigenvalue weighted by atomic mass is 10.2. The van der Waals surface area contributed by atoms with Crippen LogP contribution >= 0.6 is 11.6 Å². The predicted molar refractivity (Wildman–Crippen MR) is 105 cm³/mol. The number of nitrogens with zero attached hydrogens (tertiary/aromatic N) is 1. The molecule has 3 aromatic rings. The van der Waals surface area contributed by atoms with Gasteiger partial charge < -0.3 is 15.4 Å². The highest BCUT2D eigenvalue weighted by Gasteiger charge is 2.08. The van der Waals surface area contributed by atoms with Gasteiger partial charge in [0.25, 0.3) is 5.91 Å². The highest BCUT2D eigenvalue weighted by atomic mass is 35.5. The van der Waals surface area contributed by atoms with Crippen LogP contribution in [0.2, 0.25) is 5.02 Å². The van der Waals surface area contributed by atoms with Crippen molar-refractivity contribution in [1.82, 2.24) is 4.98 Å². The summed E-state index contributed by atoms with van der Waals surface area (Å²) >= 11 is 5.91. The maximum absolute atomic E-state index is 12.3. The van der Waals surface area contributed by atoms with Crippen molar-refractivity contribution < 1.29 is 14.3 Å². The lowest BCUT2D eigenvalue weighted by molar-refractivity contribution is 0.0600. The first-order valence-electron chi connectivity index (χ1n) is 8.03. The minimum atomic E-state index is -0.394. The van der Waals surface area contributed by atoms with Crippen molar-refractivity contribution in [1.29, 1.82) is 0 Å². The van der Waals surface area contributed by atoms with Crippen LogP contribution in [-0.2, 0) is 4.74 Å². The molecule has 2 aromatic carbocycles. The van der Waals surface area contributed by atoms with Crippen LogP contribution in [0.1, 0.15) is 20.7 Å². The van der Waals surface area contributed by atoms with Crippen LogP contribution in [0.4, 0.5) is 17.2 Å². The van der Waals surface area contributed by atoms with Gasteiger partial charge in [0.15, 0.2) is 0 Å². The van der Waals surface area contributed by atoms with Crippen molar-refractivity contribution in [3.63, 3.8) is 0 Å². The number of hydrogen-bond acceptors (Lipinski definition) is 5. The first kappa shape index (κ1) is 18.4. The Morgan fingerprint density at radius 2 is 1.70 bits per heavy atom. The van der Waals surface area contributed by atoms with Gasteiger partial charge in [0.2, 0.25) is 0 Å². The number of methoxy groups -OCH3 is 1. The maximum Gasteiger partial charge on any atom is 0.337 e. The van der Waals surface area contributed by atoms with Crippen molar-refractivity contribution in [3.8, 4) is 0 Å². The minimum Gasteiger partial charge on any atom is -0.465 e. The fourth-order valence-corrected chi connectivity index (χ4v) is 2.52. The molecule has 1 amide bonds. The second kappa shape index (κ2) is 8.33. The number of rotatable bonds is 5. The van der Waals surface area contributed by atoms with Gasteiger partial charge in [-0.15, -0.1) is 0 Å². The molecule has 2 N–H and O–H groups in total. The van der Waals surface area contributed by atoms with E-state index in [1.165, 1.54) is 13.3 Å². The molecule has 0 atom stereocenters. The Hall–Kier alpha value is -3.38. The Morgan fingerprint density at radius 3 is 2.33 bits per heavy atom. The van der Waals surface area contributed by atoms with E-state index in [0.717, 1.165) is 5.69 Å².